The third kappa shape index (κ3) is 3.75. The molecule has 0 unspecified atom stereocenters. The van der Waals surface area contributed by atoms with Gasteiger partial charge in [0.05, 0.1) is 5.02 Å². The molecule has 3 rings (SSSR count). The second-order valence-corrected chi connectivity index (χ2v) is 8.15. The van der Waals surface area contributed by atoms with Crippen molar-refractivity contribution in [1.82, 2.24) is 10.2 Å². The molecule has 1 atom stereocenters. The molecule has 0 amide bonds. The van der Waals surface area contributed by atoms with Crippen LogP contribution in [-0.4, -0.2) is 15.7 Å². The van der Waals surface area contributed by atoms with E-state index in [1.54, 1.807) is 11.3 Å². The first kappa shape index (κ1) is 16.5. The maximum absolute atomic E-state index is 6.25. The summed E-state index contributed by atoms with van der Waals surface area (Å²) in [5, 5.41) is 14.6. The smallest absolute Gasteiger partial charge is 0.206 e. The van der Waals surface area contributed by atoms with Crippen LogP contribution in [-0.2, 0) is 0 Å². The van der Waals surface area contributed by atoms with Crippen LogP contribution in [0.4, 0.5) is 5.13 Å². The third-order valence-corrected chi connectivity index (χ3v) is 5.82. The molecule has 2 aromatic rings. The van der Waals surface area contributed by atoms with Crippen molar-refractivity contribution >= 4 is 28.1 Å². The summed E-state index contributed by atoms with van der Waals surface area (Å²) in [5.74, 6) is 0.610. The molecule has 0 fully saturated rings. The molecule has 1 aromatic heterocycles. The van der Waals surface area contributed by atoms with Gasteiger partial charge in [0, 0.05) is 11.1 Å². The van der Waals surface area contributed by atoms with Crippen molar-refractivity contribution in [2.24, 2.45) is 5.92 Å². The van der Waals surface area contributed by atoms with Crippen molar-refractivity contribution in [2.45, 2.75) is 45.6 Å². The number of hydrogen-bond donors (Lipinski definition) is 1. The lowest BCUT2D eigenvalue weighted by molar-refractivity contribution is 0.319. The van der Waals surface area contributed by atoms with Crippen LogP contribution in [0.5, 0.6) is 0 Å². The fourth-order valence-electron chi connectivity index (χ4n) is 3.02. The fraction of sp³-hybridized carbons (Fsp3) is 0.444. The average molecular weight is 348 g/mol. The molecule has 3 nitrogen and oxygen atoms in total. The van der Waals surface area contributed by atoms with Gasteiger partial charge in [-0.15, -0.1) is 10.2 Å². The number of halogens is 1. The molecule has 1 heterocycles. The Bertz CT molecular complexity index is 721. The minimum atomic E-state index is -0.00547. The number of benzene rings is 1. The molecule has 0 spiro atoms. The van der Waals surface area contributed by atoms with Gasteiger partial charge in [0.25, 0.3) is 0 Å². The van der Waals surface area contributed by atoms with Gasteiger partial charge in [-0.1, -0.05) is 52.8 Å². The Morgan fingerprint density at radius 1 is 1.26 bits per heavy atom. The molecule has 1 N–H and O–H groups in total. The molecule has 122 valence electrons. The van der Waals surface area contributed by atoms with E-state index in [9.17, 15) is 0 Å². The Morgan fingerprint density at radius 3 is 2.74 bits per heavy atom. The number of nitrogens with zero attached hydrogens (tertiary/aromatic N) is 2. The van der Waals surface area contributed by atoms with E-state index in [-0.39, 0.29) is 5.54 Å². The predicted molar refractivity (Wildman–Crippen MR) is 99.2 cm³/mol. The molecule has 0 bridgehead atoms. The molecular formula is C18H22ClN3S. The van der Waals surface area contributed by atoms with Crippen molar-refractivity contribution in [3.05, 3.63) is 40.9 Å². The maximum atomic E-state index is 6.25. The number of nitrogens with one attached hydrogen (secondary N) is 1. The summed E-state index contributed by atoms with van der Waals surface area (Å²) >= 11 is 7.81. The minimum absolute atomic E-state index is 0.00547. The first-order chi connectivity index (χ1) is 11.0. The summed E-state index contributed by atoms with van der Waals surface area (Å²) in [6, 6.07) is 7.75. The molecule has 23 heavy (non-hydrogen) atoms. The molecule has 1 aliphatic rings. The maximum Gasteiger partial charge on any atom is 0.206 e. The molecule has 1 aromatic carbocycles. The summed E-state index contributed by atoms with van der Waals surface area (Å²) in [5.41, 5.74) is 2.44. The van der Waals surface area contributed by atoms with Crippen LogP contribution in [0.25, 0.3) is 10.6 Å². The number of hydrogen-bond acceptors (Lipinski definition) is 4. The summed E-state index contributed by atoms with van der Waals surface area (Å²) in [6.07, 6.45) is 5.91. The van der Waals surface area contributed by atoms with E-state index >= 15 is 0 Å². The highest BCUT2D eigenvalue weighted by Crippen LogP contribution is 2.36. The largest absolute Gasteiger partial charge is 0.355 e. The van der Waals surface area contributed by atoms with Gasteiger partial charge in [-0.2, -0.15) is 0 Å². The number of aromatic nitrogens is 2. The van der Waals surface area contributed by atoms with Gasteiger partial charge in [-0.25, -0.2) is 0 Å². The number of anilines is 1. The Balaban J connectivity index is 1.75. The van der Waals surface area contributed by atoms with Crippen molar-refractivity contribution in [2.75, 3.05) is 5.32 Å². The Labute approximate surface area is 146 Å². The van der Waals surface area contributed by atoms with Crippen molar-refractivity contribution < 1.29 is 0 Å². The zero-order chi connectivity index (χ0) is 16.4. The van der Waals surface area contributed by atoms with E-state index in [4.69, 9.17) is 11.6 Å². The van der Waals surface area contributed by atoms with Gasteiger partial charge >= 0.3 is 0 Å². The van der Waals surface area contributed by atoms with Gasteiger partial charge in [-0.3, -0.25) is 0 Å². The van der Waals surface area contributed by atoms with Gasteiger partial charge < -0.3 is 5.32 Å². The zero-order valence-electron chi connectivity index (χ0n) is 13.8. The van der Waals surface area contributed by atoms with Gasteiger partial charge in [-0.05, 0) is 52.0 Å². The fourth-order valence-corrected chi connectivity index (χ4v) is 4.25. The number of allylic oxidation sites excluding steroid dienone is 2. The minimum Gasteiger partial charge on any atom is -0.355 e. The summed E-state index contributed by atoms with van der Waals surface area (Å²) in [6.45, 7) is 6.72. The second kappa shape index (κ2) is 6.62. The van der Waals surface area contributed by atoms with Gasteiger partial charge in [0.2, 0.25) is 5.13 Å². The van der Waals surface area contributed by atoms with Crippen molar-refractivity contribution in [3.8, 4) is 10.6 Å². The van der Waals surface area contributed by atoms with E-state index in [0.29, 0.717) is 10.9 Å². The van der Waals surface area contributed by atoms with Crippen molar-refractivity contribution in [1.29, 1.82) is 0 Å². The normalized spacial score (nSPS) is 18.6. The summed E-state index contributed by atoms with van der Waals surface area (Å²) in [7, 11) is 0. The topological polar surface area (TPSA) is 37.8 Å². The molecule has 0 saturated carbocycles. The zero-order valence-corrected chi connectivity index (χ0v) is 15.3. The van der Waals surface area contributed by atoms with Crippen LogP contribution in [0.2, 0.25) is 5.02 Å². The SMILES string of the molecule is CC1=CC[C@H](C(C)(C)Nc2nnc(-c3ccccc3Cl)s2)CC1. The highest BCUT2D eigenvalue weighted by Gasteiger charge is 2.31. The van der Waals surface area contributed by atoms with Crippen LogP contribution in [0.1, 0.15) is 40.0 Å². The second-order valence-electron chi connectivity index (χ2n) is 6.76. The molecule has 0 radical (unpaired) electrons. The van der Waals surface area contributed by atoms with Crippen LogP contribution in [0.15, 0.2) is 35.9 Å². The Morgan fingerprint density at radius 2 is 2.04 bits per heavy atom. The molecule has 0 saturated heterocycles. The van der Waals surface area contributed by atoms with Crippen LogP contribution in [0.3, 0.4) is 0 Å². The third-order valence-electron chi connectivity index (χ3n) is 4.62. The van der Waals surface area contributed by atoms with E-state index < -0.39 is 0 Å². The van der Waals surface area contributed by atoms with Crippen LogP contribution >= 0.6 is 22.9 Å². The quantitative estimate of drug-likeness (QED) is 0.710. The first-order valence-electron chi connectivity index (χ1n) is 7.98. The lowest BCUT2D eigenvalue weighted by atomic mass is 9.78. The molecule has 1 aliphatic carbocycles. The Hall–Kier alpha value is -1.39. The highest BCUT2D eigenvalue weighted by molar-refractivity contribution is 7.18. The van der Waals surface area contributed by atoms with E-state index in [0.717, 1.165) is 22.1 Å². The molecular weight excluding hydrogens is 326 g/mol. The standard InChI is InChI=1S/C18H22ClN3S/c1-12-8-10-13(11-9-12)18(2,3)20-17-22-21-16(23-17)14-6-4-5-7-15(14)19/h4-8,13H,9-11H2,1-3H3,(H,20,22)/t13-/m0/s1. The van der Waals surface area contributed by atoms with Crippen molar-refractivity contribution in [3.63, 3.8) is 0 Å². The molecule has 0 aliphatic heterocycles. The molecule has 5 heteroatoms. The summed E-state index contributed by atoms with van der Waals surface area (Å²) < 4.78 is 0. The predicted octanol–water partition coefficient (Wildman–Crippen LogP) is 5.80. The van der Waals surface area contributed by atoms with E-state index in [1.807, 2.05) is 24.3 Å². The highest BCUT2D eigenvalue weighted by atomic mass is 35.5. The van der Waals surface area contributed by atoms with Crippen LogP contribution < -0.4 is 5.32 Å². The average Bonchev–Trinajstić information content (AvgIpc) is 2.95. The lowest BCUT2D eigenvalue weighted by Crippen LogP contribution is -2.40. The monoisotopic (exact) mass is 347 g/mol. The van der Waals surface area contributed by atoms with E-state index in [1.165, 1.54) is 18.4 Å². The number of rotatable bonds is 4. The first-order valence-corrected chi connectivity index (χ1v) is 9.17. The Kier molecular flexibility index (Phi) is 4.74. The summed E-state index contributed by atoms with van der Waals surface area (Å²) in [4.78, 5) is 0. The van der Waals surface area contributed by atoms with Gasteiger partial charge in [0.15, 0.2) is 5.01 Å². The van der Waals surface area contributed by atoms with E-state index in [2.05, 4.69) is 42.4 Å². The van der Waals surface area contributed by atoms with Crippen LogP contribution in [0, 0.1) is 5.92 Å². The lowest BCUT2D eigenvalue weighted by Gasteiger charge is -2.36. The van der Waals surface area contributed by atoms with Gasteiger partial charge in [0.1, 0.15) is 0 Å².